The Hall–Kier alpha value is -2.31. The van der Waals surface area contributed by atoms with Gasteiger partial charge in [-0.25, -0.2) is 0 Å². The number of benzene rings is 2. The van der Waals surface area contributed by atoms with Crippen molar-refractivity contribution in [2.75, 3.05) is 11.9 Å². The van der Waals surface area contributed by atoms with Crippen LogP contribution in [0.3, 0.4) is 0 Å². The number of nitrogens with one attached hydrogen (secondary N) is 1. The number of anilines is 1. The van der Waals surface area contributed by atoms with E-state index < -0.39 is 0 Å². The van der Waals surface area contributed by atoms with Gasteiger partial charge in [0.25, 0.3) is 5.91 Å². The summed E-state index contributed by atoms with van der Waals surface area (Å²) in [6, 6.07) is 9.17. The Morgan fingerprint density at radius 3 is 2.52 bits per heavy atom. The van der Waals surface area contributed by atoms with Crippen molar-refractivity contribution in [3.8, 4) is 5.75 Å². The van der Waals surface area contributed by atoms with Gasteiger partial charge in [0.1, 0.15) is 5.75 Å². The Labute approximate surface area is 166 Å². The van der Waals surface area contributed by atoms with Gasteiger partial charge in [-0.2, -0.15) is 0 Å². The SMILES string of the molecule is Cc1cc(OCC(=O)Nc2ccc3c(c2)sc(=O)n3C(C)C)cc(C)c1Cl. The van der Waals surface area contributed by atoms with E-state index in [2.05, 4.69) is 5.32 Å². The monoisotopic (exact) mass is 404 g/mol. The lowest BCUT2D eigenvalue weighted by molar-refractivity contribution is -0.118. The molecule has 0 aliphatic carbocycles. The van der Waals surface area contributed by atoms with E-state index in [1.165, 1.54) is 11.3 Å². The van der Waals surface area contributed by atoms with Crippen molar-refractivity contribution in [2.24, 2.45) is 0 Å². The summed E-state index contributed by atoms with van der Waals surface area (Å²) < 4.78 is 8.17. The summed E-state index contributed by atoms with van der Waals surface area (Å²) in [6.45, 7) is 7.63. The van der Waals surface area contributed by atoms with E-state index in [0.29, 0.717) is 16.5 Å². The molecule has 0 saturated carbocycles. The van der Waals surface area contributed by atoms with E-state index in [0.717, 1.165) is 21.3 Å². The van der Waals surface area contributed by atoms with Crippen molar-refractivity contribution in [2.45, 2.75) is 33.7 Å². The lowest BCUT2D eigenvalue weighted by atomic mass is 10.1. The zero-order chi connectivity index (χ0) is 19.7. The van der Waals surface area contributed by atoms with Crippen molar-refractivity contribution in [3.05, 3.63) is 56.1 Å². The van der Waals surface area contributed by atoms with Gasteiger partial charge in [-0.15, -0.1) is 0 Å². The Kier molecular flexibility index (Phi) is 5.58. The van der Waals surface area contributed by atoms with Crippen molar-refractivity contribution >= 4 is 44.7 Å². The number of nitrogens with zero attached hydrogens (tertiary/aromatic N) is 1. The largest absolute Gasteiger partial charge is 0.484 e. The number of thiazole rings is 1. The van der Waals surface area contributed by atoms with Crippen molar-refractivity contribution in [3.63, 3.8) is 0 Å². The molecule has 3 rings (SSSR count). The van der Waals surface area contributed by atoms with Crippen LogP contribution in [0.15, 0.2) is 35.1 Å². The van der Waals surface area contributed by atoms with Crippen LogP contribution in [0, 0.1) is 13.8 Å². The second kappa shape index (κ2) is 7.74. The number of halogens is 1. The molecule has 2 aromatic carbocycles. The summed E-state index contributed by atoms with van der Waals surface area (Å²) >= 11 is 7.32. The number of amides is 1. The molecule has 1 amide bonds. The summed E-state index contributed by atoms with van der Waals surface area (Å²) in [7, 11) is 0. The number of ether oxygens (including phenoxy) is 1. The van der Waals surface area contributed by atoms with Crippen molar-refractivity contribution in [1.29, 1.82) is 0 Å². The summed E-state index contributed by atoms with van der Waals surface area (Å²) in [4.78, 5) is 24.3. The highest BCUT2D eigenvalue weighted by Gasteiger charge is 2.12. The van der Waals surface area contributed by atoms with Gasteiger partial charge in [-0.3, -0.25) is 14.2 Å². The van der Waals surface area contributed by atoms with Crippen LogP contribution in [0.4, 0.5) is 5.69 Å². The smallest absolute Gasteiger partial charge is 0.308 e. The lowest BCUT2D eigenvalue weighted by Crippen LogP contribution is -2.20. The minimum absolute atomic E-state index is 0.000267. The molecule has 0 fully saturated rings. The van der Waals surface area contributed by atoms with Crippen LogP contribution in [0.5, 0.6) is 5.75 Å². The van der Waals surface area contributed by atoms with E-state index in [9.17, 15) is 9.59 Å². The molecule has 0 atom stereocenters. The molecular formula is C20H21ClN2O3S. The summed E-state index contributed by atoms with van der Waals surface area (Å²) in [5.74, 6) is 0.336. The maximum absolute atomic E-state index is 12.2. The molecule has 0 unspecified atom stereocenters. The normalized spacial score (nSPS) is 11.2. The van der Waals surface area contributed by atoms with Gasteiger partial charge < -0.3 is 10.1 Å². The van der Waals surface area contributed by atoms with Crippen LogP contribution in [-0.4, -0.2) is 17.1 Å². The third-order valence-corrected chi connectivity index (χ3v) is 5.71. The molecule has 142 valence electrons. The average molecular weight is 405 g/mol. The van der Waals surface area contributed by atoms with Crippen LogP contribution < -0.4 is 14.9 Å². The number of hydrogen-bond acceptors (Lipinski definition) is 4. The van der Waals surface area contributed by atoms with Crippen molar-refractivity contribution in [1.82, 2.24) is 4.57 Å². The number of hydrogen-bond donors (Lipinski definition) is 1. The maximum atomic E-state index is 12.2. The summed E-state index contributed by atoms with van der Waals surface area (Å²) in [5, 5.41) is 3.51. The molecule has 1 N–H and O–H groups in total. The number of carbonyl (C=O) groups is 1. The molecular weight excluding hydrogens is 384 g/mol. The Morgan fingerprint density at radius 1 is 1.22 bits per heavy atom. The number of fused-ring (bicyclic) bond motifs is 1. The topological polar surface area (TPSA) is 60.3 Å². The molecule has 0 bridgehead atoms. The number of aromatic nitrogens is 1. The Morgan fingerprint density at radius 2 is 1.89 bits per heavy atom. The first-order valence-electron chi connectivity index (χ1n) is 8.60. The van der Waals surface area contributed by atoms with E-state index in [1.807, 2.05) is 39.8 Å². The van der Waals surface area contributed by atoms with E-state index in [4.69, 9.17) is 16.3 Å². The molecule has 0 radical (unpaired) electrons. The lowest BCUT2D eigenvalue weighted by Gasteiger charge is -2.11. The quantitative estimate of drug-likeness (QED) is 0.655. The number of carbonyl (C=O) groups excluding carboxylic acids is 1. The molecule has 0 spiro atoms. The van der Waals surface area contributed by atoms with Gasteiger partial charge in [-0.05, 0) is 69.2 Å². The third kappa shape index (κ3) is 4.17. The molecule has 3 aromatic rings. The van der Waals surface area contributed by atoms with Crippen LogP contribution in [0.1, 0.15) is 31.0 Å². The second-order valence-corrected chi connectivity index (χ2v) is 8.09. The maximum Gasteiger partial charge on any atom is 0.308 e. The van der Waals surface area contributed by atoms with E-state index in [-0.39, 0.29) is 23.4 Å². The third-order valence-electron chi connectivity index (χ3n) is 4.19. The van der Waals surface area contributed by atoms with Crippen LogP contribution in [0.25, 0.3) is 10.2 Å². The minimum Gasteiger partial charge on any atom is -0.484 e. The van der Waals surface area contributed by atoms with Crippen LogP contribution in [0.2, 0.25) is 5.02 Å². The standard InChI is InChI=1S/C20H21ClN2O3S/c1-11(2)23-16-6-5-14(9-17(16)27-20(23)25)22-18(24)10-26-15-7-12(3)19(21)13(4)8-15/h5-9,11H,10H2,1-4H3,(H,22,24). The van der Waals surface area contributed by atoms with Crippen LogP contribution in [-0.2, 0) is 4.79 Å². The predicted octanol–water partition coefficient (Wildman–Crippen LogP) is 4.93. The van der Waals surface area contributed by atoms with Crippen LogP contribution >= 0.6 is 22.9 Å². The molecule has 0 saturated heterocycles. The molecule has 1 heterocycles. The molecule has 27 heavy (non-hydrogen) atoms. The van der Waals surface area contributed by atoms with Crippen molar-refractivity contribution < 1.29 is 9.53 Å². The number of rotatable bonds is 5. The van der Waals surface area contributed by atoms with E-state index in [1.54, 1.807) is 22.8 Å². The molecule has 5 nitrogen and oxygen atoms in total. The molecule has 7 heteroatoms. The highest BCUT2D eigenvalue weighted by atomic mass is 35.5. The van der Waals surface area contributed by atoms with Gasteiger partial charge in [0.15, 0.2) is 6.61 Å². The fourth-order valence-electron chi connectivity index (χ4n) is 2.94. The molecule has 0 aliphatic heterocycles. The zero-order valence-corrected chi connectivity index (χ0v) is 17.2. The first-order chi connectivity index (χ1) is 12.8. The van der Waals surface area contributed by atoms with Gasteiger partial charge in [0, 0.05) is 16.8 Å². The molecule has 1 aromatic heterocycles. The first-order valence-corrected chi connectivity index (χ1v) is 9.80. The summed E-state index contributed by atoms with van der Waals surface area (Å²) in [6.07, 6.45) is 0. The second-order valence-electron chi connectivity index (χ2n) is 6.72. The zero-order valence-electron chi connectivity index (χ0n) is 15.6. The Balaban J connectivity index is 1.70. The van der Waals surface area contributed by atoms with E-state index >= 15 is 0 Å². The summed E-state index contributed by atoms with van der Waals surface area (Å²) in [5.41, 5.74) is 3.32. The minimum atomic E-state index is -0.268. The highest BCUT2D eigenvalue weighted by Crippen LogP contribution is 2.26. The fourth-order valence-corrected chi connectivity index (χ4v) is 4.10. The predicted molar refractivity (Wildman–Crippen MR) is 112 cm³/mol. The van der Waals surface area contributed by atoms with Gasteiger partial charge in [0.2, 0.25) is 0 Å². The fraction of sp³-hybridized carbons (Fsp3) is 0.300. The van der Waals surface area contributed by atoms with Gasteiger partial charge >= 0.3 is 4.87 Å². The highest BCUT2D eigenvalue weighted by molar-refractivity contribution is 7.16. The van der Waals surface area contributed by atoms with Gasteiger partial charge in [0.05, 0.1) is 10.2 Å². The number of aryl methyl sites for hydroxylation is 2. The Bertz CT molecular complexity index is 1050. The first kappa shape index (κ1) is 19.5. The molecule has 0 aliphatic rings. The van der Waals surface area contributed by atoms with Gasteiger partial charge in [-0.1, -0.05) is 22.9 Å². The average Bonchev–Trinajstić information content (AvgIpc) is 2.92.